The zero-order valence-electron chi connectivity index (χ0n) is 15.3. The third-order valence-corrected chi connectivity index (χ3v) is 3.76. The number of hydrogen-bond acceptors (Lipinski definition) is 6. The summed E-state index contributed by atoms with van der Waals surface area (Å²) in [6.07, 6.45) is 0.550. The highest BCUT2D eigenvalue weighted by Crippen LogP contribution is 2.22. The van der Waals surface area contributed by atoms with Crippen molar-refractivity contribution in [3.63, 3.8) is 0 Å². The summed E-state index contributed by atoms with van der Waals surface area (Å²) in [6.45, 7) is 6.32. The lowest BCUT2D eigenvalue weighted by Crippen LogP contribution is -2.39. The molecular formula is C18H25N5O3. The van der Waals surface area contributed by atoms with Crippen molar-refractivity contribution in [3.05, 3.63) is 47.1 Å². The Balaban J connectivity index is 1.84. The van der Waals surface area contributed by atoms with Crippen LogP contribution in [0.2, 0.25) is 0 Å². The van der Waals surface area contributed by atoms with Crippen molar-refractivity contribution in [2.45, 2.75) is 39.2 Å². The first-order valence-electron chi connectivity index (χ1n) is 8.42. The van der Waals surface area contributed by atoms with Crippen molar-refractivity contribution >= 4 is 11.8 Å². The lowest BCUT2D eigenvalue weighted by molar-refractivity contribution is -0.125. The van der Waals surface area contributed by atoms with Crippen LogP contribution >= 0.6 is 0 Å². The van der Waals surface area contributed by atoms with Gasteiger partial charge in [-0.1, -0.05) is 50.2 Å². The molecule has 0 unspecified atom stereocenters. The molecule has 26 heavy (non-hydrogen) atoms. The van der Waals surface area contributed by atoms with Crippen molar-refractivity contribution in [3.8, 4) is 0 Å². The van der Waals surface area contributed by atoms with E-state index in [1.807, 2.05) is 0 Å². The number of nitrogens with zero attached hydrogens (tertiary/aromatic N) is 2. The van der Waals surface area contributed by atoms with Crippen molar-refractivity contribution in [1.82, 2.24) is 20.8 Å². The van der Waals surface area contributed by atoms with Crippen LogP contribution in [0.25, 0.3) is 0 Å². The number of amides is 2. The van der Waals surface area contributed by atoms with Gasteiger partial charge in [0.05, 0.1) is 19.6 Å². The fourth-order valence-electron chi connectivity index (χ4n) is 2.23. The molecule has 8 heteroatoms. The molecule has 1 aromatic carbocycles. The maximum absolute atomic E-state index is 11.6. The monoisotopic (exact) mass is 359 g/mol. The Morgan fingerprint density at radius 1 is 1.12 bits per heavy atom. The average molecular weight is 359 g/mol. The Morgan fingerprint density at radius 3 is 2.42 bits per heavy atom. The number of rotatable bonds is 7. The van der Waals surface area contributed by atoms with E-state index in [4.69, 9.17) is 10.3 Å². The Morgan fingerprint density at radius 2 is 1.81 bits per heavy atom. The maximum Gasteiger partial charge on any atom is 0.246 e. The zero-order valence-corrected chi connectivity index (χ0v) is 15.3. The van der Waals surface area contributed by atoms with Gasteiger partial charge in [-0.3, -0.25) is 9.59 Å². The van der Waals surface area contributed by atoms with Gasteiger partial charge in [0.15, 0.2) is 5.82 Å². The summed E-state index contributed by atoms with van der Waals surface area (Å²) in [4.78, 5) is 26.8. The highest BCUT2D eigenvalue weighted by Gasteiger charge is 2.14. The first-order valence-corrected chi connectivity index (χ1v) is 8.42. The molecule has 0 aliphatic heterocycles. The predicted molar refractivity (Wildman–Crippen MR) is 96.2 cm³/mol. The predicted octanol–water partition coefficient (Wildman–Crippen LogP) is 0.649. The third kappa shape index (κ3) is 5.96. The van der Waals surface area contributed by atoms with E-state index >= 15 is 0 Å². The van der Waals surface area contributed by atoms with Gasteiger partial charge in [-0.15, -0.1) is 0 Å². The molecule has 0 fully saturated rings. The van der Waals surface area contributed by atoms with Gasteiger partial charge in [0.2, 0.25) is 17.7 Å². The summed E-state index contributed by atoms with van der Waals surface area (Å²) in [5, 5.41) is 8.89. The molecule has 0 aliphatic rings. The van der Waals surface area contributed by atoms with Crippen molar-refractivity contribution in [1.29, 1.82) is 0 Å². The number of benzene rings is 1. The molecule has 0 radical (unpaired) electrons. The average Bonchev–Trinajstić information content (AvgIpc) is 3.05. The van der Waals surface area contributed by atoms with Gasteiger partial charge in [0, 0.05) is 6.42 Å². The molecule has 2 amide bonds. The minimum absolute atomic E-state index is 0.104. The fourth-order valence-corrected chi connectivity index (χ4v) is 2.23. The number of nitrogens with two attached hydrogens (primary N) is 1. The standard InChI is InChI=1S/C18H25N5O3/c1-18(2,3)13-6-4-12(5-7-13)8-14-22-17(26-23-14)11-21-16(25)10-20-15(24)9-19/h4-7H,8-11,19H2,1-3H3,(H,20,24)(H,21,25). The van der Waals surface area contributed by atoms with Crippen LogP contribution < -0.4 is 16.4 Å². The lowest BCUT2D eigenvalue weighted by atomic mass is 9.86. The SMILES string of the molecule is CC(C)(C)c1ccc(Cc2noc(CNC(=O)CNC(=O)CN)n2)cc1. The second-order valence-corrected chi connectivity index (χ2v) is 6.99. The van der Waals surface area contributed by atoms with Gasteiger partial charge in [-0.25, -0.2) is 0 Å². The molecule has 1 aromatic heterocycles. The Hall–Kier alpha value is -2.74. The van der Waals surface area contributed by atoms with E-state index in [0.29, 0.717) is 18.1 Å². The van der Waals surface area contributed by atoms with Crippen molar-refractivity contribution in [2.75, 3.05) is 13.1 Å². The molecule has 0 aliphatic carbocycles. The molecule has 0 saturated carbocycles. The number of nitrogens with one attached hydrogen (secondary N) is 2. The number of hydrogen-bond donors (Lipinski definition) is 3. The van der Waals surface area contributed by atoms with Crippen LogP contribution in [-0.4, -0.2) is 35.0 Å². The molecule has 8 nitrogen and oxygen atoms in total. The van der Waals surface area contributed by atoms with E-state index in [1.165, 1.54) is 5.56 Å². The van der Waals surface area contributed by atoms with Crippen molar-refractivity contribution in [2.24, 2.45) is 5.73 Å². The Bertz CT molecular complexity index is 747. The van der Waals surface area contributed by atoms with Gasteiger partial charge < -0.3 is 20.9 Å². The van der Waals surface area contributed by atoms with Gasteiger partial charge in [0.25, 0.3) is 0 Å². The number of carbonyl (C=O) groups excluding carboxylic acids is 2. The first-order chi connectivity index (χ1) is 12.3. The first kappa shape index (κ1) is 19.6. The quantitative estimate of drug-likeness (QED) is 0.667. The minimum Gasteiger partial charge on any atom is -0.346 e. The third-order valence-electron chi connectivity index (χ3n) is 3.76. The van der Waals surface area contributed by atoms with E-state index in [0.717, 1.165) is 5.56 Å². The fraction of sp³-hybridized carbons (Fsp3) is 0.444. The van der Waals surface area contributed by atoms with Crippen LogP contribution in [0.4, 0.5) is 0 Å². The van der Waals surface area contributed by atoms with Crippen LogP contribution in [-0.2, 0) is 28.0 Å². The van der Waals surface area contributed by atoms with E-state index in [-0.39, 0.29) is 31.0 Å². The molecule has 140 valence electrons. The van der Waals surface area contributed by atoms with Crippen LogP contribution in [0.15, 0.2) is 28.8 Å². The molecular weight excluding hydrogens is 334 g/mol. The van der Waals surface area contributed by atoms with Gasteiger partial charge in [0.1, 0.15) is 0 Å². The van der Waals surface area contributed by atoms with E-state index < -0.39 is 5.91 Å². The van der Waals surface area contributed by atoms with Crippen LogP contribution in [0, 0.1) is 0 Å². The summed E-state index contributed by atoms with van der Waals surface area (Å²) < 4.78 is 5.13. The van der Waals surface area contributed by atoms with Crippen LogP contribution in [0.1, 0.15) is 43.6 Å². The number of carbonyl (C=O) groups is 2. The van der Waals surface area contributed by atoms with Gasteiger partial charge >= 0.3 is 0 Å². The molecule has 1 heterocycles. The van der Waals surface area contributed by atoms with Crippen LogP contribution in [0.3, 0.4) is 0 Å². The van der Waals surface area contributed by atoms with Gasteiger partial charge in [-0.05, 0) is 16.5 Å². The highest BCUT2D eigenvalue weighted by molar-refractivity contribution is 5.85. The normalized spacial score (nSPS) is 11.2. The largest absolute Gasteiger partial charge is 0.346 e. The van der Waals surface area contributed by atoms with Gasteiger partial charge in [-0.2, -0.15) is 4.98 Å². The highest BCUT2D eigenvalue weighted by atomic mass is 16.5. The number of aromatic nitrogens is 2. The maximum atomic E-state index is 11.6. The van der Waals surface area contributed by atoms with E-state index in [9.17, 15) is 9.59 Å². The second-order valence-electron chi connectivity index (χ2n) is 6.99. The summed E-state index contributed by atoms with van der Waals surface area (Å²) in [5.41, 5.74) is 7.60. The van der Waals surface area contributed by atoms with E-state index in [2.05, 4.69) is 65.8 Å². The summed E-state index contributed by atoms with van der Waals surface area (Å²) in [7, 11) is 0. The smallest absolute Gasteiger partial charge is 0.246 e. The minimum atomic E-state index is -0.391. The lowest BCUT2D eigenvalue weighted by Gasteiger charge is -2.18. The Kier molecular flexibility index (Phi) is 6.46. The molecule has 0 atom stereocenters. The molecule has 2 rings (SSSR count). The molecule has 0 saturated heterocycles. The molecule has 0 spiro atoms. The van der Waals surface area contributed by atoms with E-state index in [1.54, 1.807) is 0 Å². The Labute approximate surface area is 152 Å². The summed E-state index contributed by atoms with van der Waals surface area (Å²) in [5.74, 6) is 0.112. The molecule has 4 N–H and O–H groups in total. The zero-order chi connectivity index (χ0) is 19.2. The van der Waals surface area contributed by atoms with Crippen LogP contribution in [0.5, 0.6) is 0 Å². The topological polar surface area (TPSA) is 123 Å². The summed E-state index contributed by atoms with van der Waals surface area (Å²) in [6, 6.07) is 8.31. The second kappa shape index (κ2) is 8.57. The van der Waals surface area contributed by atoms with Crippen molar-refractivity contribution < 1.29 is 14.1 Å². The molecule has 2 aromatic rings. The summed E-state index contributed by atoms with van der Waals surface area (Å²) >= 11 is 0. The molecule has 0 bridgehead atoms.